The molecular weight excluding hydrogens is 231 g/mol. The maximum Gasteiger partial charge on any atom is 0.384 e. The normalized spacial score (nSPS) is 9.25. The Bertz CT molecular complexity index is 472. The maximum absolute atomic E-state index is 13.3. The molecule has 0 aliphatic rings. The smallest absolute Gasteiger partial charge is 0.384 e. The lowest BCUT2D eigenvalue weighted by atomic mass is 10.1. The van der Waals surface area contributed by atoms with Gasteiger partial charge in [0.05, 0.1) is 12.2 Å². The fourth-order valence-electron chi connectivity index (χ4n) is 1.04. The molecular formula is C12H10ClFO2. The number of esters is 1. The lowest BCUT2D eigenvalue weighted by molar-refractivity contribution is -0.136. The highest BCUT2D eigenvalue weighted by Crippen LogP contribution is 2.19. The molecule has 0 N–H and O–H groups in total. The molecule has 16 heavy (non-hydrogen) atoms. The number of hydrogen-bond donors (Lipinski definition) is 0. The molecule has 1 aromatic rings. The summed E-state index contributed by atoms with van der Waals surface area (Å²) in [6.45, 7) is 3.65. The Morgan fingerprint density at radius 1 is 1.56 bits per heavy atom. The van der Waals surface area contributed by atoms with Crippen molar-refractivity contribution in [3.8, 4) is 11.8 Å². The van der Waals surface area contributed by atoms with Crippen LogP contribution >= 0.6 is 11.6 Å². The highest BCUT2D eigenvalue weighted by molar-refractivity contribution is 6.31. The lowest BCUT2D eigenvalue weighted by Crippen LogP contribution is -1.99. The number of halogens is 2. The van der Waals surface area contributed by atoms with E-state index < -0.39 is 11.8 Å². The van der Waals surface area contributed by atoms with Crippen molar-refractivity contribution in [1.29, 1.82) is 0 Å². The zero-order valence-electron chi connectivity index (χ0n) is 8.93. The first-order valence-electron chi connectivity index (χ1n) is 4.69. The quantitative estimate of drug-likeness (QED) is 0.557. The van der Waals surface area contributed by atoms with E-state index in [2.05, 4.69) is 16.6 Å². The van der Waals surface area contributed by atoms with Crippen molar-refractivity contribution in [2.24, 2.45) is 0 Å². The Labute approximate surface area is 98.4 Å². The van der Waals surface area contributed by atoms with Crippen molar-refractivity contribution in [3.05, 3.63) is 34.1 Å². The molecule has 0 radical (unpaired) electrons. The number of carbonyl (C=O) groups is 1. The van der Waals surface area contributed by atoms with E-state index in [0.29, 0.717) is 10.6 Å². The summed E-state index contributed by atoms with van der Waals surface area (Å²) < 4.78 is 17.9. The van der Waals surface area contributed by atoms with Crippen molar-refractivity contribution < 1.29 is 13.9 Å². The number of carbonyl (C=O) groups excluding carboxylic acids is 1. The van der Waals surface area contributed by atoms with Crippen LogP contribution in [-0.2, 0) is 9.53 Å². The molecule has 4 heteroatoms. The molecule has 0 saturated heterocycles. The number of benzene rings is 1. The summed E-state index contributed by atoms with van der Waals surface area (Å²) in [6, 6.07) is 2.66. The molecule has 0 fully saturated rings. The SMILES string of the molecule is CCOC(=O)C#Cc1cc(C)c(Cl)cc1F. The number of hydrogen-bond acceptors (Lipinski definition) is 2. The van der Waals surface area contributed by atoms with Gasteiger partial charge in [0, 0.05) is 10.9 Å². The van der Waals surface area contributed by atoms with E-state index in [1.807, 2.05) is 0 Å². The zero-order chi connectivity index (χ0) is 12.1. The molecule has 2 nitrogen and oxygen atoms in total. The van der Waals surface area contributed by atoms with Crippen LogP contribution in [0.3, 0.4) is 0 Å². The van der Waals surface area contributed by atoms with Gasteiger partial charge in [-0.15, -0.1) is 0 Å². The molecule has 84 valence electrons. The Kier molecular flexibility index (Phi) is 4.33. The third-order valence-corrected chi connectivity index (χ3v) is 2.23. The first-order valence-corrected chi connectivity index (χ1v) is 5.06. The van der Waals surface area contributed by atoms with E-state index in [1.165, 1.54) is 12.1 Å². The average molecular weight is 241 g/mol. The molecule has 0 aliphatic heterocycles. The highest BCUT2D eigenvalue weighted by Gasteiger charge is 2.04. The van der Waals surface area contributed by atoms with Crippen molar-refractivity contribution in [1.82, 2.24) is 0 Å². The molecule has 1 rings (SSSR count). The third kappa shape index (κ3) is 3.25. The fourth-order valence-corrected chi connectivity index (χ4v) is 1.19. The molecule has 0 atom stereocenters. The van der Waals surface area contributed by atoms with Gasteiger partial charge in [0.1, 0.15) is 5.82 Å². The van der Waals surface area contributed by atoms with Gasteiger partial charge in [-0.05, 0) is 31.5 Å². The molecule has 0 aliphatic carbocycles. The predicted octanol–water partition coefficient (Wildman–Crippen LogP) is 2.70. The van der Waals surface area contributed by atoms with Gasteiger partial charge >= 0.3 is 5.97 Å². The van der Waals surface area contributed by atoms with E-state index in [9.17, 15) is 9.18 Å². The summed E-state index contributed by atoms with van der Waals surface area (Å²) in [6.07, 6.45) is 0. The largest absolute Gasteiger partial charge is 0.456 e. The Morgan fingerprint density at radius 3 is 2.88 bits per heavy atom. The van der Waals surface area contributed by atoms with Crippen molar-refractivity contribution in [2.45, 2.75) is 13.8 Å². The van der Waals surface area contributed by atoms with Gasteiger partial charge in [-0.3, -0.25) is 0 Å². The Morgan fingerprint density at radius 2 is 2.25 bits per heavy atom. The molecule has 0 amide bonds. The van der Waals surface area contributed by atoms with Gasteiger partial charge in [-0.2, -0.15) is 0 Å². The summed E-state index contributed by atoms with van der Waals surface area (Å²) in [7, 11) is 0. The topological polar surface area (TPSA) is 26.3 Å². The van der Waals surface area contributed by atoms with Gasteiger partial charge in [0.15, 0.2) is 0 Å². The molecule has 0 heterocycles. The van der Waals surface area contributed by atoms with E-state index >= 15 is 0 Å². The van der Waals surface area contributed by atoms with E-state index in [0.717, 1.165) is 0 Å². The van der Waals surface area contributed by atoms with Crippen molar-refractivity contribution >= 4 is 17.6 Å². The van der Waals surface area contributed by atoms with Crippen LogP contribution in [0.5, 0.6) is 0 Å². The van der Waals surface area contributed by atoms with Crippen LogP contribution in [0.1, 0.15) is 18.1 Å². The number of rotatable bonds is 1. The summed E-state index contributed by atoms with van der Waals surface area (Å²) in [5, 5.41) is 0.333. The molecule has 0 bridgehead atoms. The molecule has 0 aromatic heterocycles. The molecule has 0 unspecified atom stereocenters. The summed E-state index contributed by atoms with van der Waals surface area (Å²) in [5.41, 5.74) is 0.839. The first-order chi connectivity index (χ1) is 7.54. The maximum atomic E-state index is 13.3. The second kappa shape index (κ2) is 5.53. The van der Waals surface area contributed by atoms with Gasteiger partial charge in [0.25, 0.3) is 0 Å². The standard InChI is InChI=1S/C12H10ClFO2/c1-3-16-12(15)5-4-9-6-8(2)10(13)7-11(9)14/h6-7H,3H2,1-2H3. The summed E-state index contributed by atoms with van der Waals surface area (Å²) >= 11 is 5.72. The van der Waals surface area contributed by atoms with E-state index in [1.54, 1.807) is 13.8 Å². The predicted molar refractivity (Wildman–Crippen MR) is 59.7 cm³/mol. The van der Waals surface area contributed by atoms with Crippen LogP contribution < -0.4 is 0 Å². The summed E-state index contributed by atoms with van der Waals surface area (Å²) in [5.74, 6) is 3.38. The van der Waals surface area contributed by atoms with Crippen LogP contribution in [0.4, 0.5) is 4.39 Å². The molecule has 0 spiro atoms. The monoisotopic (exact) mass is 240 g/mol. The minimum Gasteiger partial charge on any atom is -0.456 e. The zero-order valence-corrected chi connectivity index (χ0v) is 9.69. The van der Waals surface area contributed by atoms with Crippen LogP contribution in [-0.4, -0.2) is 12.6 Å². The van der Waals surface area contributed by atoms with Crippen molar-refractivity contribution in [2.75, 3.05) is 6.61 Å². The average Bonchev–Trinajstić information content (AvgIpc) is 2.22. The van der Waals surface area contributed by atoms with Crippen LogP contribution in [0.2, 0.25) is 5.02 Å². The highest BCUT2D eigenvalue weighted by atomic mass is 35.5. The Hall–Kier alpha value is -1.53. The number of aryl methyl sites for hydroxylation is 1. The minimum absolute atomic E-state index is 0.134. The van der Waals surface area contributed by atoms with Gasteiger partial charge in [-0.1, -0.05) is 17.5 Å². The number of ether oxygens (including phenoxy) is 1. The second-order valence-electron chi connectivity index (χ2n) is 3.05. The molecule has 0 saturated carbocycles. The van der Waals surface area contributed by atoms with Crippen molar-refractivity contribution in [3.63, 3.8) is 0 Å². The second-order valence-corrected chi connectivity index (χ2v) is 3.46. The first kappa shape index (κ1) is 12.5. The van der Waals surface area contributed by atoms with Crippen LogP contribution in [0.25, 0.3) is 0 Å². The summed E-state index contributed by atoms with van der Waals surface area (Å²) in [4.78, 5) is 10.9. The fraction of sp³-hybridized carbons (Fsp3) is 0.250. The third-order valence-electron chi connectivity index (χ3n) is 1.82. The van der Waals surface area contributed by atoms with Crippen LogP contribution in [0.15, 0.2) is 12.1 Å². The Balaban J connectivity index is 2.97. The van der Waals surface area contributed by atoms with E-state index in [4.69, 9.17) is 11.6 Å². The van der Waals surface area contributed by atoms with E-state index in [-0.39, 0.29) is 12.2 Å². The van der Waals surface area contributed by atoms with Gasteiger partial charge < -0.3 is 4.74 Å². The minimum atomic E-state index is -0.672. The van der Waals surface area contributed by atoms with Crippen LogP contribution in [0, 0.1) is 24.6 Å². The molecule has 1 aromatic carbocycles. The van der Waals surface area contributed by atoms with Gasteiger partial charge in [-0.25, -0.2) is 9.18 Å². The lowest BCUT2D eigenvalue weighted by Gasteiger charge is -1.99. The van der Waals surface area contributed by atoms with Gasteiger partial charge in [0.2, 0.25) is 0 Å².